The number of nitrogens with one attached hydrogen (secondary N) is 1. The van der Waals surface area contributed by atoms with Gasteiger partial charge in [-0.05, 0) is 86.6 Å². The van der Waals surface area contributed by atoms with E-state index in [1.165, 1.54) is 17.3 Å². The van der Waals surface area contributed by atoms with Crippen LogP contribution >= 0.6 is 46.4 Å². The third-order valence-electron chi connectivity index (χ3n) is 8.71. The van der Waals surface area contributed by atoms with Crippen molar-refractivity contribution in [1.82, 2.24) is 29.5 Å². The molecule has 4 aromatic heterocycles. The molecule has 0 saturated carbocycles. The average molecular weight is 844 g/mol. The molecule has 288 valence electrons. The molecule has 0 atom stereocenters. The van der Waals surface area contributed by atoms with Gasteiger partial charge in [0, 0.05) is 40.9 Å². The van der Waals surface area contributed by atoms with Gasteiger partial charge in [-0.1, -0.05) is 82.8 Å². The highest BCUT2D eigenvalue weighted by Crippen LogP contribution is 2.32. The Bertz CT molecular complexity index is 2720. The number of para-hydroxylation sites is 2. The number of halogens is 5. The predicted molar refractivity (Wildman–Crippen MR) is 228 cm³/mol. The molecular weight excluding hydrogens is 809 g/mol. The zero-order chi connectivity index (χ0) is 41.5. The van der Waals surface area contributed by atoms with Gasteiger partial charge < -0.3 is 10.2 Å². The summed E-state index contributed by atoms with van der Waals surface area (Å²) in [6, 6.07) is 33.2. The van der Waals surface area contributed by atoms with E-state index in [1.807, 2.05) is 74.5 Å². The summed E-state index contributed by atoms with van der Waals surface area (Å²) in [5, 5.41) is 15.1. The largest absolute Gasteiger partial charge is 0.322 e. The van der Waals surface area contributed by atoms with Crippen molar-refractivity contribution in [2.45, 2.75) is 13.8 Å². The van der Waals surface area contributed by atoms with Crippen molar-refractivity contribution in [3.63, 3.8) is 0 Å². The summed E-state index contributed by atoms with van der Waals surface area (Å²) < 4.78 is 18.9. The van der Waals surface area contributed by atoms with E-state index < -0.39 is 7.15 Å². The summed E-state index contributed by atoms with van der Waals surface area (Å²) in [5.41, 5.74) is 6.31. The number of aromatic nitrogens is 6. The fraction of sp³-hybridized carbons (Fsp3) is 0.0952. The predicted octanol–water partition coefficient (Wildman–Crippen LogP) is 11.2. The summed E-state index contributed by atoms with van der Waals surface area (Å²) in [4.78, 5) is 36.1. The van der Waals surface area contributed by atoms with Crippen molar-refractivity contribution in [2.24, 2.45) is 0 Å². The monoisotopic (exact) mass is 841 g/mol. The van der Waals surface area contributed by atoms with E-state index in [2.05, 4.69) is 25.5 Å². The van der Waals surface area contributed by atoms with Gasteiger partial charge in [0.05, 0.1) is 63.2 Å². The molecular formula is C42H33Cl4FN8O2. The number of hydrogen-bond donors (Lipinski definition) is 1. The lowest BCUT2D eigenvalue weighted by Gasteiger charge is -2.18. The van der Waals surface area contributed by atoms with Crippen LogP contribution in [0.5, 0.6) is 0 Å². The first-order valence-electron chi connectivity index (χ1n) is 17.8. The van der Waals surface area contributed by atoms with Gasteiger partial charge in [0.15, 0.2) is 11.3 Å². The van der Waals surface area contributed by atoms with Crippen LogP contribution in [0.15, 0.2) is 122 Å². The van der Waals surface area contributed by atoms with Gasteiger partial charge in [-0.15, -0.1) is 0 Å². The standard InChI is InChI=1S/C21H16Cl2N4O.C20H14Cl2N4O.CH3F/c1-13-18-19(23)17(21(28)26(2)15-10-8-14(22)9-11-15)12-24-20(18)27(25-13)16-6-4-3-5-7-16;1-12-17-18(22)16(20(27)24-14-9-7-13(21)8-10-14)11-23-19(17)26(25-12)15-5-3-2-4-6-15;1-2/h3-12H,1-2H3;2-11H,1H3,(H,24,27);1H3/i;;1D. The minimum Gasteiger partial charge on any atom is -0.322 e. The third-order valence-corrected chi connectivity index (χ3v) is 10.0. The number of pyridine rings is 2. The van der Waals surface area contributed by atoms with Crippen LogP contribution in [0.1, 0.15) is 33.5 Å². The molecule has 8 aromatic rings. The van der Waals surface area contributed by atoms with Crippen LogP contribution < -0.4 is 10.2 Å². The van der Waals surface area contributed by atoms with Crippen LogP contribution in [0.25, 0.3) is 33.4 Å². The van der Waals surface area contributed by atoms with Crippen LogP contribution in [0.3, 0.4) is 0 Å². The number of nitrogens with zero attached hydrogens (tertiary/aromatic N) is 7. The molecule has 0 spiro atoms. The fourth-order valence-electron chi connectivity index (χ4n) is 5.92. The molecule has 4 aromatic carbocycles. The van der Waals surface area contributed by atoms with Crippen LogP contribution in [0, 0.1) is 13.8 Å². The normalized spacial score (nSPS) is 10.9. The Hall–Kier alpha value is -5.85. The number of alkyl halides is 1. The van der Waals surface area contributed by atoms with E-state index in [0.717, 1.165) is 11.4 Å². The zero-order valence-electron chi connectivity index (χ0n) is 31.6. The lowest BCUT2D eigenvalue weighted by molar-refractivity contribution is 0.0991. The Morgan fingerprint density at radius 1 is 0.667 bits per heavy atom. The van der Waals surface area contributed by atoms with Crippen molar-refractivity contribution in [3.05, 3.63) is 164 Å². The highest BCUT2D eigenvalue weighted by Gasteiger charge is 2.23. The molecule has 0 unspecified atom stereocenters. The number of anilines is 2. The molecule has 8 rings (SSSR count). The second-order valence-corrected chi connectivity index (χ2v) is 14.0. The van der Waals surface area contributed by atoms with E-state index in [-0.39, 0.29) is 17.4 Å². The van der Waals surface area contributed by atoms with Gasteiger partial charge in [-0.2, -0.15) is 10.2 Å². The van der Waals surface area contributed by atoms with E-state index in [9.17, 15) is 14.0 Å². The van der Waals surface area contributed by atoms with Crippen molar-refractivity contribution in [2.75, 3.05) is 24.4 Å². The molecule has 57 heavy (non-hydrogen) atoms. The molecule has 0 aliphatic heterocycles. The highest BCUT2D eigenvalue weighted by atomic mass is 35.5. The second kappa shape index (κ2) is 18.0. The average Bonchev–Trinajstić information content (AvgIpc) is 3.76. The van der Waals surface area contributed by atoms with Gasteiger partial charge in [0.25, 0.3) is 11.8 Å². The van der Waals surface area contributed by atoms with Gasteiger partial charge in [0.2, 0.25) is 0 Å². The molecule has 0 aliphatic carbocycles. The Balaban J connectivity index is 0.000000183. The Morgan fingerprint density at radius 3 is 1.56 bits per heavy atom. The molecule has 4 heterocycles. The molecule has 1 N–H and O–H groups in total. The number of carbonyl (C=O) groups is 2. The summed E-state index contributed by atoms with van der Waals surface area (Å²) in [6.07, 6.45) is 2.97. The Morgan fingerprint density at radius 2 is 1.09 bits per heavy atom. The number of benzene rings is 4. The van der Waals surface area contributed by atoms with E-state index >= 15 is 0 Å². The second-order valence-electron chi connectivity index (χ2n) is 12.3. The highest BCUT2D eigenvalue weighted by molar-refractivity contribution is 6.40. The summed E-state index contributed by atoms with van der Waals surface area (Å²) >= 11 is 25.0. The summed E-state index contributed by atoms with van der Waals surface area (Å²) in [5.74, 6) is -0.600. The maximum atomic E-state index is 13.0. The number of carbonyl (C=O) groups excluding carboxylic acids is 2. The maximum absolute atomic E-state index is 13.0. The number of amides is 2. The quantitative estimate of drug-likeness (QED) is 0.178. The van der Waals surface area contributed by atoms with E-state index in [1.54, 1.807) is 64.9 Å². The first kappa shape index (κ1) is 39.4. The SMILES string of the molecule is Cc1nn(-c2ccccc2)c2ncc(C(=O)N(C)c3ccc(Cl)cc3)c(Cl)c12.Cc1nn(-c2ccccc2)c2ncc(C(=O)Nc3ccc(Cl)cc3)c(Cl)c12.[2H]CF. The number of fused-ring (bicyclic) bond motifs is 2. The van der Waals surface area contributed by atoms with Gasteiger partial charge in [-0.3, -0.25) is 14.0 Å². The molecule has 0 aliphatic rings. The van der Waals surface area contributed by atoms with E-state index in [4.69, 9.17) is 47.8 Å². The van der Waals surface area contributed by atoms with Crippen LogP contribution in [0.4, 0.5) is 15.8 Å². The molecule has 0 saturated heterocycles. The topological polar surface area (TPSA) is 111 Å². The molecule has 0 fully saturated rings. The first-order valence-corrected chi connectivity index (χ1v) is 18.6. The van der Waals surface area contributed by atoms with Crippen molar-refractivity contribution >= 4 is 91.7 Å². The lowest BCUT2D eigenvalue weighted by Crippen LogP contribution is -2.26. The molecule has 0 bridgehead atoms. The smallest absolute Gasteiger partial charge is 0.261 e. The maximum Gasteiger partial charge on any atom is 0.261 e. The lowest BCUT2D eigenvalue weighted by atomic mass is 10.1. The number of rotatable bonds is 6. The van der Waals surface area contributed by atoms with Crippen LogP contribution in [-0.2, 0) is 0 Å². The van der Waals surface area contributed by atoms with Gasteiger partial charge in [0.1, 0.15) is 0 Å². The molecule has 10 nitrogen and oxygen atoms in total. The molecule has 0 radical (unpaired) electrons. The minimum atomic E-state index is -1.00. The van der Waals surface area contributed by atoms with Crippen LogP contribution in [0.2, 0.25) is 20.1 Å². The summed E-state index contributed by atoms with van der Waals surface area (Å²) in [6.45, 7) is 3.70. The minimum absolute atomic E-state index is 0.256. The third kappa shape index (κ3) is 8.62. The number of hydrogen-bond acceptors (Lipinski definition) is 6. The first-order chi connectivity index (χ1) is 27.9. The van der Waals surface area contributed by atoms with Crippen molar-refractivity contribution in [3.8, 4) is 11.4 Å². The number of aryl methyl sites for hydroxylation is 2. The molecule has 15 heteroatoms. The van der Waals surface area contributed by atoms with E-state index in [0.29, 0.717) is 70.5 Å². The van der Waals surface area contributed by atoms with Gasteiger partial charge >= 0.3 is 0 Å². The van der Waals surface area contributed by atoms with Crippen LogP contribution in [-0.4, -0.2) is 55.5 Å². The van der Waals surface area contributed by atoms with Crippen molar-refractivity contribution in [1.29, 1.82) is 0 Å². The summed E-state index contributed by atoms with van der Waals surface area (Å²) in [7, 11) is 0.687. The zero-order valence-corrected chi connectivity index (χ0v) is 33.6. The van der Waals surface area contributed by atoms with Gasteiger partial charge in [-0.25, -0.2) is 19.3 Å². The molecule has 2 amide bonds. The van der Waals surface area contributed by atoms with Crippen molar-refractivity contribution < 1.29 is 15.4 Å². The fourth-order valence-corrected chi connectivity index (χ4v) is 6.88. The Kier molecular flexibility index (Phi) is 12.4. The Labute approximate surface area is 348 Å².